The molecule has 116 valence electrons. The summed E-state index contributed by atoms with van der Waals surface area (Å²) in [6.45, 7) is 6.40. The van der Waals surface area contributed by atoms with Crippen LogP contribution in [0.3, 0.4) is 0 Å². The maximum absolute atomic E-state index is 11.8. The molecule has 1 atom stereocenters. The van der Waals surface area contributed by atoms with Crippen LogP contribution in [0.15, 0.2) is 18.2 Å². The van der Waals surface area contributed by atoms with Crippen molar-refractivity contribution in [2.75, 3.05) is 0 Å². The van der Waals surface area contributed by atoms with Crippen molar-refractivity contribution in [3.8, 4) is 0 Å². The first-order chi connectivity index (χ1) is 9.45. The van der Waals surface area contributed by atoms with E-state index in [1.165, 1.54) is 25.1 Å². The summed E-state index contributed by atoms with van der Waals surface area (Å²) in [4.78, 5) is 23.4. The standard InChI is InChI=1S/C14H17Cl2NO4/c1-13(2,3)21-12(20)17-14(4,11(18)19)8-5-6-9(15)10(16)7-8/h5-7H,1-4H3,(H,17,20)(H,18,19). The number of carbonyl (C=O) groups excluding carboxylic acids is 1. The van der Waals surface area contributed by atoms with Crippen LogP contribution in [0, 0.1) is 0 Å². The Bertz CT molecular complexity index is 569. The fourth-order valence-electron chi connectivity index (χ4n) is 1.56. The van der Waals surface area contributed by atoms with Gasteiger partial charge in [-0.25, -0.2) is 9.59 Å². The number of rotatable bonds is 3. The zero-order valence-electron chi connectivity index (χ0n) is 12.2. The second-order valence-electron chi connectivity index (χ2n) is 5.69. The number of carboxylic acids is 1. The van der Waals surface area contributed by atoms with Crippen LogP contribution in [-0.2, 0) is 15.1 Å². The number of carboxylic acid groups (broad SMARTS) is 1. The van der Waals surface area contributed by atoms with Gasteiger partial charge in [0.25, 0.3) is 0 Å². The number of aliphatic carboxylic acids is 1. The molecule has 0 aromatic heterocycles. The van der Waals surface area contributed by atoms with E-state index in [0.717, 1.165) is 0 Å². The van der Waals surface area contributed by atoms with E-state index >= 15 is 0 Å². The van der Waals surface area contributed by atoms with Gasteiger partial charge in [-0.1, -0.05) is 29.3 Å². The Labute approximate surface area is 133 Å². The van der Waals surface area contributed by atoms with Gasteiger partial charge in [0, 0.05) is 0 Å². The lowest BCUT2D eigenvalue weighted by atomic mass is 9.92. The number of hydrogen-bond donors (Lipinski definition) is 2. The summed E-state index contributed by atoms with van der Waals surface area (Å²) >= 11 is 11.7. The van der Waals surface area contributed by atoms with E-state index in [4.69, 9.17) is 27.9 Å². The summed E-state index contributed by atoms with van der Waals surface area (Å²) in [5, 5.41) is 12.3. The van der Waals surface area contributed by atoms with Crippen LogP contribution < -0.4 is 5.32 Å². The van der Waals surface area contributed by atoms with Gasteiger partial charge in [0.05, 0.1) is 10.0 Å². The Morgan fingerprint density at radius 1 is 1.14 bits per heavy atom. The molecule has 1 amide bonds. The average molecular weight is 334 g/mol. The number of alkyl carbamates (subject to hydrolysis) is 1. The monoisotopic (exact) mass is 333 g/mol. The molecule has 1 aromatic rings. The Kier molecular flexibility index (Phi) is 5.12. The van der Waals surface area contributed by atoms with Crippen LogP contribution in [0.25, 0.3) is 0 Å². The zero-order valence-corrected chi connectivity index (χ0v) is 13.7. The van der Waals surface area contributed by atoms with Crippen LogP contribution in [0.1, 0.15) is 33.3 Å². The van der Waals surface area contributed by atoms with Crippen LogP contribution in [0.4, 0.5) is 4.79 Å². The second kappa shape index (κ2) is 6.12. The molecule has 7 heteroatoms. The number of hydrogen-bond acceptors (Lipinski definition) is 3. The number of halogens is 2. The van der Waals surface area contributed by atoms with Crippen LogP contribution in [-0.4, -0.2) is 22.8 Å². The fraction of sp³-hybridized carbons (Fsp3) is 0.429. The fourth-order valence-corrected chi connectivity index (χ4v) is 1.86. The largest absolute Gasteiger partial charge is 0.479 e. The van der Waals surface area contributed by atoms with E-state index in [1.807, 2.05) is 0 Å². The lowest BCUT2D eigenvalue weighted by molar-refractivity contribution is -0.144. The molecule has 5 nitrogen and oxygen atoms in total. The molecule has 0 aliphatic carbocycles. The van der Waals surface area contributed by atoms with Crippen molar-refractivity contribution >= 4 is 35.3 Å². The van der Waals surface area contributed by atoms with Crippen LogP contribution in [0.2, 0.25) is 10.0 Å². The summed E-state index contributed by atoms with van der Waals surface area (Å²) in [7, 11) is 0. The molecule has 0 aliphatic heterocycles. The maximum Gasteiger partial charge on any atom is 0.408 e. The molecule has 0 bridgehead atoms. The SMILES string of the molecule is CC(C)(C)OC(=O)NC(C)(C(=O)O)c1ccc(Cl)c(Cl)c1. The molecule has 0 saturated carbocycles. The van der Waals surface area contributed by atoms with Crippen molar-refractivity contribution in [2.24, 2.45) is 0 Å². The molecule has 0 aliphatic rings. The van der Waals surface area contributed by atoms with Crippen molar-refractivity contribution < 1.29 is 19.4 Å². The van der Waals surface area contributed by atoms with Gasteiger partial charge < -0.3 is 15.2 Å². The molecule has 0 fully saturated rings. The molecule has 0 radical (unpaired) electrons. The summed E-state index contributed by atoms with van der Waals surface area (Å²) in [6, 6.07) is 4.35. The molecule has 0 saturated heterocycles. The topological polar surface area (TPSA) is 75.6 Å². The molecule has 0 spiro atoms. The van der Waals surface area contributed by atoms with Crippen molar-refractivity contribution in [3.63, 3.8) is 0 Å². The van der Waals surface area contributed by atoms with Gasteiger partial charge in [-0.2, -0.15) is 0 Å². The maximum atomic E-state index is 11.8. The smallest absolute Gasteiger partial charge is 0.408 e. The highest BCUT2D eigenvalue weighted by atomic mass is 35.5. The molecule has 0 heterocycles. The highest BCUT2D eigenvalue weighted by Crippen LogP contribution is 2.29. The molecule has 1 unspecified atom stereocenters. The van der Waals surface area contributed by atoms with Crippen molar-refractivity contribution in [2.45, 2.75) is 38.8 Å². The third kappa shape index (κ3) is 4.51. The Balaban J connectivity index is 3.11. The number of nitrogens with one attached hydrogen (secondary N) is 1. The van der Waals surface area contributed by atoms with Gasteiger partial charge in [-0.3, -0.25) is 0 Å². The summed E-state index contributed by atoms with van der Waals surface area (Å²) < 4.78 is 5.09. The highest BCUT2D eigenvalue weighted by molar-refractivity contribution is 6.42. The predicted octanol–water partition coefficient (Wildman–Crippen LogP) is 3.82. The number of ether oxygens (including phenoxy) is 1. The van der Waals surface area contributed by atoms with Gasteiger partial charge in [0.15, 0.2) is 5.54 Å². The van der Waals surface area contributed by atoms with E-state index in [0.29, 0.717) is 5.02 Å². The lowest BCUT2D eigenvalue weighted by Crippen LogP contribution is -2.51. The molecule has 1 rings (SSSR count). The van der Waals surface area contributed by atoms with E-state index in [2.05, 4.69) is 5.32 Å². The molecular weight excluding hydrogens is 317 g/mol. The van der Waals surface area contributed by atoms with Gasteiger partial charge in [-0.15, -0.1) is 0 Å². The molecule has 2 N–H and O–H groups in total. The minimum Gasteiger partial charge on any atom is -0.479 e. The molecule has 1 aromatic carbocycles. The summed E-state index contributed by atoms with van der Waals surface area (Å²) in [6.07, 6.45) is -0.835. The predicted molar refractivity (Wildman–Crippen MR) is 80.8 cm³/mol. The minimum atomic E-state index is -1.68. The zero-order chi connectivity index (χ0) is 16.4. The van der Waals surface area contributed by atoms with E-state index in [9.17, 15) is 14.7 Å². The van der Waals surface area contributed by atoms with E-state index in [-0.39, 0.29) is 10.6 Å². The van der Waals surface area contributed by atoms with Crippen LogP contribution >= 0.6 is 23.2 Å². The first-order valence-corrected chi connectivity index (χ1v) is 6.91. The average Bonchev–Trinajstić information content (AvgIpc) is 2.29. The minimum absolute atomic E-state index is 0.202. The second-order valence-corrected chi connectivity index (χ2v) is 6.50. The lowest BCUT2D eigenvalue weighted by Gasteiger charge is -2.29. The van der Waals surface area contributed by atoms with E-state index in [1.54, 1.807) is 20.8 Å². The van der Waals surface area contributed by atoms with Gasteiger partial charge in [0.2, 0.25) is 0 Å². The van der Waals surface area contributed by atoms with Crippen molar-refractivity contribution in [3.05, 3.63) is 33.8 Å². The van der Waals surface area contributed by atoms with Crippen molar-refractivity contribution in [1.82, 2.24) is 5.32 Å². The quantitative estimate of drug-likeness (QED) is 0.881. The highest BCUT2D eigenvalue weighted by Gasteiger charge is 2.38. The Hall–Kier alpha value is -1.46. The van der Waals surface area contributed by atoms with Gasteiger partial charge in [-0.05, 0) is 45.4 Å². The number of benzene rings is 1. The summed E-state index contributed by atoms with van der Waals surface area (Å²) in [5.74, 6) is -1.24. The first-order valence-electron chi connectivity index (χ1n) is 6.16. The molecule has 21 heavy (non-hydrogen) atoms. The molecular formula is C14H17Cl2NO4. The third-order valence-electron chi connectivity index (χ3n) is 2.68. The number of amides is 1. The van der Waals surface area contributed by atoms with Crippen LogP contribution in [0.5, 0.6) is 0 Å². The Morgan fingerprint density at radius 3 is 2.14 bits per heavy atom. The normalized spacial score (nSPS) is 14.2. The van der Waals surface area contributed by atoms with Gasteiger partial charge >= 0.3 is 12.1 Å². The summed E-state index contributed by atoms with van der Waals surface area (Å²) in [5.41, 5.74) is -2.13. The Morgan fingerprint density at radius 2 is 1.71 bits per heavy atom. The first kappa shape index (κ1) is 17.6. The number of carbonyl (C=O) groups is 2. The van der Waals surface area contributed by atoms with Crippen molar-refractivity contribution in [1.29, 1.82) is 0 Å². The third-order valence-corrected chi connectivity index (χ3v) is 3.41. The van der Waals surface area contributed by atoms with Gasteiger partial charge in [0.1, 0.15) is 5.60 Å². The van der Waals surface area contributed by atoms with E-state index < -0.39 is 23.2 Å².